The average molecular weight is 270 g/mol. The fourth-order valence-electron chi connectivity index (χ4n) is 2.02. The highest BCUT2D eigenvalue weighted by Crippen LogP contribution is 2.13. The number of likely N-dealkylation sites (N-methyl/N-ethyl adjacent to an activating group) is 1. The minimum atomic E-state index is -0.00777. The second-order valence-corrected chi connectivity index (χ2v) is 4.52. The Morgan fingerprint density at radius 2 is 2.00 bits per heavy atom. The molecule has 0 unspecified atom stereocenters. The first kappa shape index (κ1) is 14.8. The third-order valence-electron chi connectivity index (χ3n) is 3.19. The molecule has 1 saturated heterocycles. The number of carbonyl (C=O) groups is 1. The molecule has 1 aromatic carbocycles. The zero-order chi connectivity index (χ0) is 12.3. The fourth-order valence-corrected chi connectivity index (χ4v) is 2.02. The second-order valence-electron chi connectivity index (χ2n) is 4.52. The van der Waals surface area contributed by atoms with Crippen molar-refractivity contribution in [3.63, 3.8) is 0 Å². The number of aryl methyl sites for hydroxylation is 1. The third kappa shape index (κ3) is 3.62. The molecule has 0 aromatic heterocycles. The predicted molar refractivity (Wildman–Crippen MR) is 76.5 cm³/mol. The SMILES string of the molecule is CN[C@H]1CCN(C(=O)Nc2ccc(C)cc2)C1.Cl. The van der Waals surface area contributed by atoms with Gasteiger partial charge in [-0.2, -0.15) is 0 Å². The van der Waals surface area contributed by atoms with Crippen LogP contribution in [0.5, 0.6) is 0 Å². The lowest BCUT2D eigenvalue weighted by molar-refractivity contribution is 0.221. The Morgan fingerprint density at radius 3 is 2.56 bits per heavy atom. The summed E-state index contributed by atoms with van der Waals surface area (Å²) in [7, 11) is 1.94. The van der Waals surface area contributed by atoms with Gasteiger partial charge in [0.25, 0.3) is 0 Å². The zero-order valence-electron chi connectivity index (χ0n) is 10.8. The molecule has 1 fully saturated rings. The maximum atomic E-state index is 11.9. The number of urea groups is 1. The maximum absolute atomic E-state index is 11.9. The van der Waals surface area contributed by atoms with E-state index in [4.69, 9.17) is 0 Å². The van der Waals surface area contributed by atoms with E-state index in [2.05, 4.69) is 10.6 Å². The molecule has 1 aliphatic heterocycles. The van der Waals surface area contributed by atoms with E-state index in [0.29, 0.717) is 6.04 Å². The highest BCUT2D eigenvalue weighted by molar-refractivity contribution is 5.89. The minimum absolute atomic E-state index is 0. The largest absolute Gasteiger partial charge is 0.323 e. The molecule has 100 valence electrons. The Balaban J connectivity index is 0.00000162. The summed E-state index contributed by atoms with van der Waals surface area (Å²) in [4.78, 5) is 13.8. The van der Waals surface area contributed by atoms with Crippen molar-refractivity contribution in [1.29, 1.82) is 0 Å². The summed E-state index contributed by atoms with van der Waals surface area (Å²) in [5.74, 6) is 0. The van der Waals surface area contributed by atoms with Crippen LogP contribution < -0.4 is 10.6 Å². The van der Waals surface area contributed by atoms with Crippen molar-refractivity contribution >= 4 is 24.1 Å². The van der Waals surface area contributed by atoms with Gasteiger partial charge in [-0.15, -0.1) is 12.4 Å². The van der Waals surface area contributed by atoms with E-state index in [9.17, 15) is 4.79 Å². The van der Waals surface area contributed by atoms with E-state index in [1.807, 2.05) is 43.1 Å². The summed E-state index contributed by atoms with van der Waals surface area (Å²) >= 11 is 0. The van der Waals surface area contributed by atoms with Crippen molar-refractivity contribution in [2.45, 2.75) is 19.4 Å². The van der Waals surface area contributed by atoms with E-state index in [1.54, 1.807) is 0 Å². The lowest BCUT2D eigenvalue weighted by Crippen LogP contribution is -2.36. The smallest absolute Gasteiger partial charge is 0.321 e. The number of carbonyl (C=O) groups excluding carboxylic acids is 1. The molecule has 1 aliphatic rings. The Morgan fingerprint density at radius 1 is 1.33 bits per heavy atom. The average Bonchev–Trinajstić information content (AvgIpc) is 2.81. The molecule has 2 amide bonds. The highest BCUT2D eigenvalue weighted by atomic mass is 35.5. The van der Waals surface area contributed by atoms with Gasteiger partial charge in [0.15, 0.2) is 0 Å². The van der Waals surface area contributed by atoms with Crippen LogP contribution in [0.2, 0.25) is 0 Å². The van der Waals surface area contributed by atoms with Crippen LogP contribution in [0.15, 0.2) is 24.3 Å². The molecule has 1 atom stereocenters. The number of anilines is 1. The third-order valence-corrected chi connectivity index (χ3v) is 3.19. The standard InChI is InChI=1S/C13H19N3O.ClH/c1-10-3-5-11(6-4-10)15-13(17)16-8-7-12(9-16)14-2;/h3-6,12,14H,7-9H2,1-2H3,(H,15,17);1H/t12-;/m0./s1. The van der Waals surface area contributed by atoms with E-state index in [0.717, 1.165) is 25.2 Å². The summed E-state index contributed by atoms with van der Waals surface area (Å²) in [6.45, 7) is 3.64. The predicted octanol–water partition coefficient (Wildman–Crippen LogP) is 2.24. The van der Waals surface area contributed by atoms with Crippen LogP contribution in [0.1, 0.15) is 12.0 Å². The van der Waals surface area contributed by atoms with Crippen molar-refractivity contribution in [2.75, 3.05) is 25.5 Å². The van der Waals surface area contributed by atoms with E-state index < -0.39 is 0 Å². The molecule has 1 aromatic rings. The molecular formula is C13H20ClN3O. The van der Waals surface area contributed by atoms with Crippen LogP contribution >= 0.6 is 12.4 Å². The quantitative estimate of drug-likeness (QED) is 0.865. The molecule has 2 rings (SSSR count). The van der Waals surface area contributed by atoms with Gasteiger partial charge in [0.2, 0.25) is 0 Å². The van der Waals surface area contributed by atoms with Gasteiger partial charge in [-0.1, -0.05) is 17.7 Å². The molecule has 0 saturated carbocycles. The number of halogens is 1. The molecule has 0 spiro atoms. The van der Waals surface area contributed by atoms with Crippen LogP contribution in [0.3, 0.4) is 0 Å². The van der Waals surface area contributed by atoms with Crippen LogP contribution in [-0.4, -0.2) is 37.1 Å². The lowest BCUT2D eigenvalue weighted by atomic mass is 10.2. The lowest BCUT2D eigenvalue weighted by Gasteiger charge is -2.17. The number of amides is 2. The van der Waals surface area contributed by atoms with Gasteiger partial charge in [-0.25, -0.2) is 4.79 Å². The first-order valence-electron chi connectivity index (χ1n) is 5.99. The van der Waals surface area contributed by atoms with Gasteiger partial charge >= 0.3 is 6.03 Å². The number of rotatable bonds is 2. The number of likely N-dealkylation sites (tertiary alicyclic amines) is 1. The fraction of sp³-hybridized carbons (Fsp3) is 0.462. The van der Waals surface area contributed by atoms with E-state index in [1.165, 1.54) is 5.56 Å². The molecule has 5 heteroatoms. The molecular weight excluding hydrogens is 250 g/mol. The second kappa shape index (κ2) is 6.61. The van der Waals surface area contributed by atoms with Crippen molar-refractivity contribution in [3.05, 3.63) is 29.8 Å². The minimum Gasteiger partial charge on any atom is -0.323 e. The Labute approximate surface area is 114 Å². The number of nitrogens with one attached hydrogen (secondary N) is 2. The number of nitrogens with zero attached hydrogens (tertiary/aromatic N) is 1. The topological polar surface area (TPSA) is 44.4 Å². The maximum Gasteiger partial charge on any atom is 0.321 e. The molecule has 4 nitrogen and oxygen atoms in total. The Bertz CT molecular complexity index is 394. The van der Waals surface area contributed by atoms with E-state index in [-0.39, 0.29) is 18.4 Å². The number of hydrogen-bond acceptors (Lipinski definition) is 2. The van der Waals surface area contributed by atoms with Crippen molar-refractivity contribution in [1.82, 2.24) is 10.2 Å². The molecule has 18 heavy (non-hydrogen) atoms. The summed E-state index contributed by atoms with van der Waals surface area (Å²) in [5.41, 5.74) is 2.05. The van der Waals surface area contributed by atoms with Crippen LogP contribution in [0.25, 0.3) is 0 Å². The highest BCUT2D eigenvalue weighted by Gasteiger charge is 2.24. The molecule has 1 heterocycles. The van der Waals surface area contributed by atoms with Crippen LogP contribution in [0, 0.1) is 6.92 Å². The van der Waals surface area contributed by atoms with Crippen LogP contribution in [-0.2, 0) is 0 Å². The number of benzene rings is 1. The number of hydrogen-bond donors (Lipinski definition) is 2. The van der Waals surface area contributed by atoms with Gasteiger partial charge < -0.3 is 15.5 Å². The van der Waals surface area contributed by atoms with Gasteiger partial charge in [0, 0.05) is 24.8 Å². The first-order chi connectivity index (χ1) is 8.19. The summed E-state index contributed by atoms with van der Waals surface area (Å²) < 4.78 is 0. The van der Waals surface area contributed by atoms with Gasteiger partial charge in [-0.3, -0.25) is 0 Å². The summed E-state index contributed by atoms with van der Waals surface area (Å²) in [6.07, 6.45) is 1.03. The molecule has 2 N–H and O–H groups in total. The Hall–Kier alpha value is -1.26. The van der Waals surface area contributed by atoms with Gasteiger partial charge in [-0.05, 0) is 32.5 Å². The summed E-state index contributed by atoms with van der Waals surface area (Å²) in [5, 5.41) is 6.11. The molecule has 0 radical (unpaired) electrons. The van der Waals surface area contributed by atoms with Crippen molar-refractivity contribution in [3.8, 4) is 0 Å². The van der Waals surface area contributed by atoms with Gasteiger partial charge in [0.05, 0.1) is 0 Å². The van der Waals surface area contributed by atoms with Crippen molar-refractivity contribution < 1.29 is 4.79 Å². The van der Waals surface area contributed by atoms with Crippen LogP contribution in [0.4, 0.5) is 10.5 Å². The van der Waals surface area contributed by atoms with Crippen molar-refractivity contribution in [2.24, 2.45) is 0 Å². The first-order valence-corrected chi connectivity index (χ1v) is 5.99. The monoisotopic (exact) mass is 269 g/mol. The Kier molecular flexibility index (Phi) is 5.44. The zero-order valence-corrected chi connectivity index (χ0v) is 11.6. The van der Waals surface area contributed by atoms with E-state index >= 15 is 0 Å². The van der Waals surface area contributed by atoms with Gasteiger partial charge in [0.1, 0.15) is 0 Å². The summed E-state index contributed by atoms with van der Waals surface area (Å²) in [6, 6.07) is 8.27. The molecule has 0 bridgehead atoms. The normalized spacial score (nSPS) is 18.3. The molecule has 0 aliphatic carbocycles.